The van der Waals surface area contributed by atoms with Crippen molar-refractivity contribution in [1.29, 1.82) is 0 Å². The lowest BCUT2D eigenvalue weighted by Gasteiger charge is -2.11. The van der Waals surface area contributed by atoms with Crippen LogP contribution in [-0.2, 0) is 17.2 Å². The van der Waals surface area contributed by atoms with Gasteiger partial charge >= 0.3 is 11.5 Å². The average Bonchev–Trinajstić information content (AvgIpc) is 2.75. The highest BCUT2D eigenvalue weighted by atomic mass is 32.2. The minimum atomic E-state index is -6.09. The second kappa shape index (κ2) is 9.16. The molecule has 172 valence electrons. The fraction of sp³-hybridized carbons (Fsp3) is 0.130. The molecule has 1 aromatic heterocycles. The summed E-state index contributed by atoms with van der Waals surface area (Å²) in [5.74, 6) is 0.260. The van der Waals surface area contributed by atoms with Gasteiger partial charge in [0.2, 0.25) is 11.0 Å². The molecule has 0 aliphatic carbocycles. The zero-order valence-corrected chi connectivity index (χ0v) is 18.3. The van der Waals surface area contributed by atoms with Crippen molar-refractivity contribution in [2.24, 2.45) is 7.05 Å². The Morgan fingerprint density at radius 1 is 0.879 bits per heavy atom. The Labute approximate surface area is 187 Å². The first-order valence-corrected chi connectivity index (χ1v) is 10.9. The van der Waals surface area contributed by atoms with Gasteiger partial charge in [0.15, 0.2) is 10.1 Å². The van der Waals surface area contributed by atoms with E-state index in [0.717, 1.165) is 27.4 Å². The van der Waals surface area contributed by atoms with Gasteiger partial charge in [0.1, 0.15) is 12.8 Å². The normalized spacial score (nSPS) is 11.7. The number of carbonyl (C=O) groups is 1. The molecular weight excluding hydrogens is 459 g/mol. The van der Waals surface area contributed by atoms with Crippen LogP contribution in [0.4, 0.5) is 13.2 Å². The van der Waals surface area contributed by atoms with Crippen LogP contribution in [0.25, 0.3) is 21.8 Å². The number of fused-ring (bicyclic) bond motifs is 2. The van der Waals surface area contributed by atoms with E-state index in [9.17, 15) is 18.0 Å². The number of benzene rings is 3. The van der Waals surface area contributed by atoms with Gasteiger partial charge in [-0.3, -0.25) is 0 Å². The van der Waals surface area contributed by atoms with Gasteiger partial charge in [-0.25, -0.2) is 13.2 Å². The first-order valence-electron chi connectivity index (χ1n) is 9.51. The third kappa shape index (κ3) is 5.12. The summed E-state index contributed by atoms with van der Waals surface area (Å²) in [6, 6.07) is 23.4. The minimum Gasteiger partial charge on any atom is -0.741 e. The molecule has 4 rings (SSSR count). The van der Waals surface area contributed by atoms with Crippen LogP contribution in [0.5, 0.6) is 5.75 Å². The summed E-state index contributed by atoms with van der Waals surface area (Å²) in [6.07, 6.45) is 0. The fourth-order valence-electron chi connectivity index (χ4n) is 3.27. The van der Waals surface area contributed by atoms with Crippen LogP contribution in [0.15, 0.2) is 72.8 Å². The molecule has 0 atom stereocenters. The molecule has 3 aromatic carbocycles. The van der Waals surface area contributed by atoms with Crippen molar-refractivity contribution >= 4 is 37.9 Å². The third-order valence-electron chi connectivity index (χ3n) is 4.85. The molecule has 0 aliphatic heterocycles. The molecule has 0 saturated heterocycles. The molecule has 0 bridgehead atoms. The highest BCUT2D eigenvalue weighted by Crippen LogP contribution is 2.27. The molecule has 0 fully saturated rings. The standard InChI is InChI=1S/C22H18NO2.CHF3O3S/c1-15-9-3-8-14-20(15)25-22(24)21-16-10-4-6-12-18(16)23(2)19-13-7-5-11-17(19)21;2-1(3,4)8(5,6)7/h3-14H,1-2H3;(H,5,6,7)/q+1;/p-1. The average molecular weight is 477 g/mol. The lowest BCUT2D eigenvalue weighted by Crippen LogP contribution is -2.31. The zero-order valence-electron chi connectivity index (χ0n) is 17.5. The highest BCUT2D eigenvalue weighted by molar-refractivity contribution is 7.86. The van der Waals surface area contributed by atoms with E-state index in [0.29, 0.717) is 11.3 Å². The van der Waals surface area contributed by atoms with Gasteiger partial charge in [0.05, 0.1) is 16.3 Å². The second-order valence-corrected chi connectivity index (χ2v) is 8.39. The van der Waals surface area contributed by atoms with Gasteiger partial charge in [-0.05, 0) is 30.7 Å². The number of aryl methyl sites for hydroxylation is 2. The van der Waals surface area contributed by atoms with Crippen molar-refractivity contribution in [3.05, 3.63) is 83.9 Å². The van der Waals surface area contributed by atoms with Crippen LogP contribution >= 0.6 is 0 Å². The Kier molecular flexibility index (Phi) is 6.71. The van der Waals surface area contributed by atoms with E-state index in [2.05, 4.69) is 4.57 Å². The monoisotopic (exact) mass is 477 g/mol. The maximum absolute atomic E-state index is 13.1. The number of alkyl halides is 3. The summed E-state index contributed by atoms with van der Waals surface area (Å²) in [6.45, 7) is 1.93. The van der Waals surface area contributed by atoms with Crippen molar-refractivity contribution in [3.63, 3.8) is 0 Å². The number of ether oxygens (including phenoxy) is 1. The molecule has 0 amide bonds. The maximum Gasteiger partial charge on any atom is 0.485 e. The number of esters is 1. The molecule has 1 heterocycles. The Hall–Kier alpha value is -3.50. The van der Waals surface area contributed by atoms with E-state index in [1.54, 1.807) is 0 Å². The topological polar surface area (TPSA) is 87.4 Å². The number of rotatable bonds is 2. The van der Waals surface area contributed by atoms with Gasteiger partial charge in [-0.1, -0.05) is 42.5 Å². The zero-order chi connectivity index (χ0) is 24.4. The lowest BCUT2D eigenvalue weighted by molar-refractivity contribution is -0.617. The van der Waals surface area contributed by atoms with Gasteiger partial charge in [0, 0.05) is 12.1 Å². The van der Waals surface area contributed by atoms with Crippen LogP contribution in [0.2, 0.25) is 0 Å². The summed E-state index contributed by atoms with van der Waals surface area (Å²) in [4.78, 5) is 13.1. The van der Waals surface area contributed by atoms with E-state index in [4.69, 9.17) is 17.7 Å². The van der Waals surface area contributed by atoms with E-state index in [1.807, 2.05) is 86.8 Å². The number of aromatic nitrogens is 1. The number of halogens is 3. The van der Waals surface area contributed by atoms with Crippen molar-refractivity contribution in [3.8, 4) is 5.75 Å². The largest absolute Gasteiger partial charge is 0.741 e. The quantitative estimate of drug-likeness (QED) is 0.107. The molecule has 0 saturated carbocycles. The number of hydrogen-bond acceptors (Lipinski definition) is 5. The number of hydrogen-bond donors (Lipinski definition) is 0. The van der Waals surface area contributed by atoms with Gasteiger partial charge in [-0.2, -0.15) is 17.7 Å². The van der Waals surface area contributed by atoms with Gasteiger partial charge in [0.25, 0.3) is 0 Å². The summed E-state index contributed by atoms with van der Waals surface area (Å²) < 4.78 is 66.7. The van der Waals surface area contributed by atoms with Crippen LogP contribution < -0.4 is 9.30 Å². The summed E-state index contributed by atoms with van der Waals surface area (Å²) in [5, 5.41) is 1.78. The highest BCUT2D eigenvalue weighted by Gasteiger charge is 2.36. The molecule has 0 spiro atoms. The Morgan fingerprint density at radius 2 is 1.30 bits per heavy atom. The Bertz CT molecular complexity index is 1390. The number of carbonyl (C=O) groups excluding carboxylic acids is 1. The summed E-state index contributed by atoms with van der Waals surface area (Å²) in [7, 11) is -4.08. The lowest BCUT2D eigenvalue weighted by atomic mass is 10.0. The van der Waals surface area contributed by atoms with Gasteiger partial charge in [-0.15, -0.1) is 0 Å². The van der Waals surface area contributed by atoms with Gasteiger partial charge < -0.3 is 9.29 Å². The van der Waals surface area contributed by atoms with Crippen molar-refractivity contribution in [2.45, 2.75) is 12.4 Å². The van der Waals surface area contributed by atoms with Crippen molar-refractivity contribution in [1.82, 2.24) is 0 Å². The number of para-hydroxylation sites is 3. The predicted octanol–water partition coefficient (Wildman–Crippen LogP) is 4.40. The van der Waals surface area contributed by atoms with E-state index < -0.39 is 15.6 Å². The smallest absolute Gasteiger partial charge is 0.485 e. The summed E-state index contributed by atoms with van der Waals surface area (Å²) in [5.41, 5.74) is -2.11. The second-order valence-electron chi connectivity index (χ2n) is 7.02. The molecule has 0 N–H and O–H groups in total. The van der Waals surface area contributed by atoms with Crippen molar-refractivity contribution in [2.75, 3.05) is 0 Å². The number of nitrogens with zero attached hydrogens (tertiary/aromatic N) is 1. The first kappa shape index (κ1) is 24.1. The van der Waals surface area contributed by atoms with E-state index in [1.165, 1.54) is 0 Å². The maximum atomic E-state index is 13.1. The molecule has 0 aliphatic rings. The molecule has 0 radical (unpaired) electrons. The predicted molar refractivity (Wildman–Crippen MR) is 115 cm³/mol. The molecule has 0 unspecified atom stereocenters. The Morgan fingerprint density at radius 3 is 1.76 bits per heavy atom. The third-order valence-corrected chi connectivity index (χ3v) is 5.42. The van der Waals surface area contributed by atoms with E-state index >= 15 is 0 Å². The first-order chi connectivity index (χ1) is 15.4. The van der Waals surface area contributed by atoms with Crippen LogP contribution in [0, 0.1) is 6.92 Å². The Balaban J connectivity index is 0.000000331. The fourth-order valence-corrected chi connectivity index (χ4v) is 3.27. The minimum absolute atomic E-state index is 0.331. The molecule has 6 nitrogen and oxygen atoms in total. The SMILES string of the molecule is Cc1ccccc1OC(=O)c1c2ccccc2[n+](C)c2ccccc12.O=S(=O)([O-])C(F)(F)F. The van der Waals surface area contributed by atoms with Crippen molar-refractivity contribution < 1.29 is 40.2 Å². The van der Waals surface area contributed by atoms with Crippen LogP contribution in [-0.4, -0.2) is 24.4 Å². The molecule has 10 heteroatoms. The van der Waals surface area contributed by atoms with E-state index in [-0.39, 0.29) is 5.97 Å². The number of pyridine rings is 1. The van der Waals surface area contributed by atoms with Crippen LogP contribution in [0.1, 0.15) is 15.9 Å². The summed E-state index contributed by atoms with van der Waals surface area (Å²) >= 11 is 0. The molecule has 4 aromatic rings. The molecular formula is C23H18F3NO5S. The van der Waals surface area contributed by atoms with Crippen LogP contribution in [0.3, 0.4) is 0 Å². The molecule has 33 heavy (non-hydrogen) atoms.